The van der Waals surface area contributed by atoms with Crippen molar-refractivity contribution in [3.8, 4) is 34.5 Å². The summed E-state index contributed by atoms with van der Waals surface area (Å²) in [4.78, 5) is 0. The van der Waals surface area contributed by atoms with Crippen molar-refractivity contribution in [1.82, 2.24) is 0 Å². The molecular formula is C30H28O7. The van der Waals surface area contributed by atoms with E-state index in [0.717, 1.165) is 11.1 Å². The first-order valence-electron chi connectivity index (χ1n) is 11.9. The van der Waals surface area contributed by atoms with Crippen LogP contribution in [0.4, 0.5) is 0 Å². The molecule has 4 aromatic carbocycles. The van der Waals surface area contributed by atoms with E-state index in [0.29, 0.717) is 28.2 Å². The molecular weight excluding hydrogens is 472 g/mol. The third kappa shape index (κ3) is 4.38. The van der Waals surface area contributed by atoms with Gasteiger partial charge in [0.1, 0.15) is 34.5 Å². The zero-order valence-corrected chi connectivity index (χ0v) is 20.4. The number of fused-ring (bicyclic) bond motifs is 1. The van der Waals surface area contributed by atoms with Crippen LogP contribution in [0.1, 0.15) is 51.7 Å². The van der Waals surface area contributed by atoms with E-state index in [-0.39, 0.29) is 23.0 Å². The summed E-state index contributed by atoms with van der Waals surface area (Å²) in [5.41, 5.74) is 3.36. The van der Waals surface area contributed by atoms with Crippen molar-refractivity contribution in [3.05, 3.63) is 107 Å². The first-order chi connectivity index (χ1) is 17.8. The summed E-state index contributed by atoms with van der Waals surface area (Å²) in [6, 6.07) is 21.4. The highest BCUT2D eigenvalue weighted by molar-refractivity contribution is 5.61. The fourth-order valence-electron chi connectivity index (χ4n) is 5.56. The molecule has 5 rings (SSSR count). The lowest BCUT2D eigenvalue weighted by atomic mass is 9.75. The smallest absolute Gasteiger partial charge is 0.123 e. The van der Waals surface area contributed by atoms with Crippen LogP contribution in [-0.4, -0.2) is 39.8 Å². The highest BCUT2D eigenvalue weighted by Gasteiger charge is 2.47. The van der Waals surface area contributed by atoms with Gasteiger partial charge in [-0.3, -0.25) is 0 Å². The molecule has 37 heavy (non-hydrogen) atoms. The lowest BCUT2D eigenvalue weighted by molar-refractivity contribution is 0.134. The van der Waals surface area contributed by atoms with Gasteiger partial charge in [0, 0.05) is 35.4 Å². The molecule has 0 saturated heterocycles. The molecule has 1 aliphatic rings. The topological polar surface area (TPSA) is 120 Å². The van der Waals surface area contributed by atoms with Crippen molar-refractivity contribution in [2.75, 3.05) is 14.2 Å². The first-order valence-corrected chi connectivity index (χ1v) is 11.9. The van der Waals surface area contributed by atoms with E-state index in [1.807, 2.05) is 12.1 Å². The number of rotatable bonds is 6. The summed E-state index contributed by atoms with van der Waals surface area (Å²) in [5, 5.41) is 53.1. The Morgan fingerprint density at radius 2 is 1.22 bits per heavy atom. The second-order valence-corrected chi connectivity index (χ2v) is 9.27. The Balaban J connectivity index is 1.79. The highest BCUT2D eigenvalue weighted by Crippen LogP contribution is 2.62. The maximum Gasteiger partial charge on any atom is 0.123 e. The van der Waals surface area contributed by atoms with Crippen molar-refractivity contribution in [2.24, 2.45) is 0 Å². The molecule has 7 heteroatoms. The molecule has 0 aromatic heterocycles. The van der Waals surface area contributed by atoms with Crippen LogP contribution < -0.4 is 9.47 Å². The summed E-state index contributed by atoms with van der Waals surface area (Å²) in [7, 11) is 3.12. The first kappa shape index (κ1) is 24.3. The van der Waals surface area contributed by atoms with Gasteiger partial charge in [0.25, 0.3) is 0 Å². The van der Waals surface area contributed by atoms with Crippen LogP contribution in [0.2, 0.25) is 0 Å². The van der Waals surface area contributed by atoms with Gasteiger partial charge in [-0.05, 0) is 64.7 Å². The van der Waals surface area contributed by atoms with Gasteiger partial charge in [-0.1, -0.05) is 24.3 Å². The van der Waals surface area contributed by atoms with Gasteiger partial charge in [-0.2, -0.15) is 0 Å². The fourth-order valence-corrected chi connectivity index (χ4v) is 5.56. The Hall–Kier alpha value is -4.36. The van der Waals surface area contributed by atoms with E-state index >= 15 is 0 Å². The highest BCUT2D eigenvalue weighted by atomic mass is 16.5. The molecule has 0 radical (unpaired) electrons. The lowest BCUT2D eigenvalue weighted by Crippen LogP contribution is -2.18. The van der Waals surface area contributed by atoms with Crippen LogP contribution >= 0.6 is 0 Å². The van der Waals surface area contributed by atoms with Gasteiger partial charge < -0.3 is 35.0 Å². The molecule has 0 saturated carbocycles. The fraction of sp³-hybridized carbons (Fsp3) is 0.200. The Morgan fingerprint density at radius 1 is 0.649 bits per heavy atom. The molecule has 1 aliphatic carbocycles. The second kappa shape index (κ2) is 9.59. The van der Waals surface area contributed by atoms with Gasteiger partial charge in [-0.25, -0.2) is 0 Å². The van der Waals surface area contributed by atoms with Crippen LogP contribution in [-0.2, 0) is 0 Å². The predicted molar refractivity (Wildman–Crippen MR) is 138 cm³/mol. The summed E-state index contributed by atoms with van der Waals surface area (Å²) >= 11 is 0. The lowest BCUT2D eigenvalue weighted by Gasteiger charge is -2.30. The van der Waals surface area contributed by atoms with Gasteiger partial charge in [-0.15, -0.1) is 0 Å². The van der Waals surface area contributed by atoms with Crippen LogP contribution in [0, 0.1) is 0 Å². The van der Waals surface area contributed by atoms with Gasteiger partial charge >= 0.3 is 0 Å². The molecule has 4 atom stereocenters. The number of aliphatic hydroxyl groups is 1. The molecule has 0 amide bonds. The Bertz CT molecular complexity index is 1390. The number of ether oxygens (including phenoxy) is 2. The third-order valence-corrected chi connectivity index (χ3v) is 7.18. The van der Waals surface area contributed by atoms with Crippen molar-refractivity contribution in [3.63, 3.8) is 0 Å². The predicted octanol–water partition coefficient (Wildman–Crippen LogP) is 5.27. The van der Waals surface area contributed by atoms with E-state index in [4.69, 9.17) is 9.47 Å². The number of phenols is 4. The molecule has 190 valence electrons. The number of aromatic hydroxyl groups is 4. The molecule has 7 nitrogen and oxygen atoms in total. The zero-order chi connectivity index (χ0) is 26.3. The number of aliphatic hydroxyl groups excluding tert-OH is 1. The van der Waals surface area contributed by atoms with Crippen LogP contribution in [0.25, 0.3) is 0 Å². The maximum absolute atomic E-state index is 11.8. The van der Waals surface area contributed by atoms with Crippen LogP contribution in [0.5, 0.6) is 34.5 Å². The zero-order valence-electron chi connectivity index (χ0n) is 20.4. The molecule has 0 spiro atoms. The number of hydrogen-bond acceptors (Lipinski definition) is 7. The van der Waals surface area contributed by atoms with Gasteiger partial charge in [0.15, 0.2) is 0 Å². The minimum absolute atomic E-state index is 0.0779. The largest absolute Gasteiger partial charge is 0.508 e. The number of hydrogen-bond donors (Lipinski definition) is 5. The quantitative estimate of drug-likeness (QED) is 0.245. The maximum atomic E-state index is 11.8. The van der Waals surface area contributed by atoms with Gasteiger partial charge in [0.05, 0.1) is 20.3 Å². The SMILES string of the molecule is COc1cc(OC)cc([C@@H]2[C@@H](c3ccc(O)cc3)c3c(O)cc(O)cc3[C@H]2C(O)c2ccc(O)cc2)c1. The van der Waals surface area contributed by atoms with E-state index in [2.05, 4.69) is 0 Å². The monoisotopic (exact) mass is 500 g/mol. The summed E-state index contributed by atoms with van der Waals surface area (Å²) in [6.45, 7) is 0. The summed E-state index contributed by atoms with van der Waals surface area (Å²) < 4.78 is 11.1. The second-order valence-electron chi connectivity index (χ2n) is 9.27. The molecule has 0 aliphatic heterocycles. The van der Waals surface area contributed by atoms with Crippen LogP contribution in [0.3, 0.4) is 0 Å². The van der Waals surface area contributed by atoms with E-state index in [1.165, 1.54) is 18.2 Å². The normalized spacial score (nSPS) is 19.3. The van der Waals surface area contributed by atoms with Crippen molar-refractivity contribution in [2.45, 2.75) is 23.9 Å². The molecule has 1 unspecified atom stereocenters. The average molecular weight is 501 g/mol. The minimum Gasteiger partial charge on any atom is -0.508 e. The summed E-state index contributed by atoms with van der Waals surface area (Å²) in [5.74, 6) is -0.357. The Labute approximate surface area is 214 Å². The van der Waals surface area contributed by atoms with Crippen molar-refractivity contribution < 1.29 is 35.0 Å². The van der Waals surface area contributed by atoms with E-state index in [9.17, 15) is 25.5 Å². The third-order valence-electron chi connectivity index (χ3n) is 7.18. The van der Waals surface area contributed by atoms with Crippen LogP contribution in [0.15, 0.2) is 78.9 Å². The van der Waals surface area contributed by atoms with Crippen molar-refractivity contribution in [1.29, 1.82) is 0 Å². The minimum atomic E-state index is -1.05. The Morgan fingerprint density at radius 3 is 1.78 bits per heavy atom. The van der Waals surface area contributed by atoms with Crippen molar-refractivity contribution >= 4 is 0 Å². The number of benzene rings is 4. The van der Waals surface area contributed by atoms with E-state index in [1.54, 1.807) is 62.8 Å². The number of methoxy groups -OCH3 is 2. The average Bonchev–Trinajstić information content (AvgIpc) is 3.24. The Kier molecular flexibility index (Phi) is 6.31. The molecule has 4 aromatic rings. The summed E-state index contributed by atoms with van der Waals surface area (Å²) in [6.07, 6.45) is -1.05. The van der Waals surface area contributed by atoms with E-state index < -0.39 is 23.9 Å². The molecule has 5 N–H and O–H groups in total. The molecule has 0 bridgehead atoms. The van der Waals surface area contributed by atoms with Gasteiger partial charge in [0.2, 0.25) is 0 Å². The molecule has 0 heterocycles. The standard InChI is InChI=1S/C30H28O7/c1-36-22-11-18(12-23(15-22)37-2)27-26(16-3-7-19(31)8-4-16)28-24(13-21(33)14-25(28)34)29(27)30(35)17-5-9-20(32)10-6-17/h3-15,26-27,29-35H,1-2H3/t26-,27-,29-,30?/m1/s1. The number of phenolic OH excluding ortho intramolecular Hbond substituents is 4. The molecule has 0 fully saturated rings.